The highest BCUT2D eigenvalue weighted by Gasteiger charge is 2.30. The summed E-state index contributed by atoms with van der Waals surface area (Å²) in [6, 6.07) is 11.5. The fraction of sp³-hybridized carbons (Fsp3) is 0.318. The van der Waals surface area contributed by atoms with E-state index in [2.05, 4.69) is 22.3 Å². The summed E-state index contributed by atoms with van der Waals surface area (Å²) >= 11 is 1.56. The predicted octanol–water partition coefficient (Wildman–Crippen LogP) is 4.05. The molecule has 8 heteroatoms. The molecule has 2 aliphatic rings. The number of anilines is 1. The molecule has 1 aromatic carbocycles. The molecule has 1 saturated heterocycles. The van der Waals surface area contributed by atoms with Crippen LogP contribution in [0.5, 0.6) is 11.5 Å². The molecule has 0 spiro atoms. The molecule has 2 aliphatic heterocycles. The van der Waals surface area contributed by atoms with Gasteiger partial charge in [-0.05, 0) is 42.8 Å². The summed E-state index contributed by atoms with van der Waals surface area (Å²) < 4.78 is 21.9. The number of amides is 1. The number of morpholine rings is 1. The van der Waals surface area contributed by atoms with Gasteiger partial charge in [-0.15, -0.1) is 11.3 Å². The van der Waals surface area contributed by atoms with E-state index in [0.29, 0.717) is 13.2 Å². The van der Waals surface area contributed by atoms with Crippen molar-refractivity contribution < 1.29 is 23.4 Å². The zero-order valence-corrected chi connectivity index (χ0v) is 17.4. The van der Waals surface area contributed by atoms with Gasteiger partial charge in [0.05, 0.1) is 25.5 Å². The molecule has 0 radical (unpaired) electrons. The second kappa shape index (κ2) is 8.14. The largest absolute Gasteiger partial charge is 0.459 e. The first-order valence-electron chi connectivity index (χ1n) is 9.85. The first-order chi connectivity index (χ1) is 14.7. The average molecular weight is 426 g/mol. The number of thiophene rings is 1. The van der Waals surface area contributed by atoms with Crippen molar-refractivity contribution in [2.24, 2.45) is 0 Å². The van der Waals surface area contributed by atoms with Crippen LogP contribution >= 0.6 is 11.3 Å². The van der Waals surface area contributed by atoms with Gasteiger partial charge in [0.1, 0.15) is 5.00 Å². The maximum absolute atomic E-state index is 12.7. The lowest BCUT2D eigenvalue weighted by Crippen LogP contribution is -2.39. The van der Waals surface area contributed by atoms with Gasteiger partial charge in [-0.3, -0.25) is 9.69 Å². The Kier molecular flexibility index (Phi) is 5.20. The molecule has 5 rings (SSSR count). The molecule has 0 aliphatic carbocycles. The van der Waals surface area contributed by atoms with Gasteiger partial charge in [0.25, 0.3) is 5.91 Å². The molecule has 0 unspecified atom stereocenters. The molecule has 30 heavy (non-hydrogen) atoms. The summed E-state index contributed by atoms with van der Waals surface area (Å²) in [5.41, 5.74) is 2.14. The van der Waals surface area contributed by atoms with E-state index in [4.69, 9.17) is 18.6 Å². The summed E-state index contributed by atoms with van der Waals surface area (Å²) in [4.78, 5) is 16.2. The van der Waals surface area contributed by atoms with Crippen LogP contribution in [0.25, 0.3) is 0 Å². The molecule has 156 valence electrons. The molecule has 1 amide bonds. The van der Waals surface area contributed by atoms with Crippen LogP contribution in [0.4, 0.5) is 5.00 Å². The number of benzene rings is 1. The van der Waals surface area contributed by atoms with Crippen molar-refractivity contribution >= 4 is 22.2 Å². The monoisotopic (exact) mass is 426 g/mol. The van der Waals surface area contributed by atoms with Crippen molar-refractivity contribution in [2.75, 3.05) is 38.4 Å². The molecule has 2 aromatic heterocycles. The molecule has 7 nitrogen and oxygen atoms in total. The third kappa shape index (κ3) is 3.69. The quantitative estimate of drug-likeness (QED) is 0.664. The van der Waals surface area contributed by atoms with Crippen molar-refractivity contribution in [2.45, 2.75) is 13.0 Å². The van der Waals surface area contributed by atoms with Gasteiger partial charge >= 0.3 is 0 Å². The van der Waals surface area contributed by atoms with Gasteiger partial charge in [-0.25, -0.2) is 0 Å². The number of ether oxygens (including phenoxy) is 3. The van der Waals surface area contributed by atoms with Crippen LogP contribution in [-0.2, 0) is 4.74 Å². The highest BCUT2D eigenvalue weighted by Crippen LogP contribution is 2.42. The maximum Gasteiger partial charge on any atom is 0.291 e. The number of carbonyl (C=O) groups excluding carboxylic acids is 1. The molecule has 3 aromatic rings. The first-order valence-corrected chi connectivity index (χ1v) is 10.7. The molecule has 1 atom stereocenters. The topological polar surface area (TPSA) is 73.2 Å². The Morgan fingerprint density at radius 2 is 1.97 bits per heavy atom. The summed E-state index contributed by atoms with van der Waals surface area (Å²) in [5, 5.41) is 3.87. The SMILES string of the molecule is Cc1cc([C@H](c2ccc3c(c2)OCO3)N2CCOCC2)c(NC(=O)c2ccco2)s1. The van der Waals surface area contributed by atoms with Crippen molar-refractivity contribution in [3.63, 3.8) is 0 Å². The summed E-state index contributed by atoms with van der Waals surface area (Å²) in [6.07, 6.45) is 1.50. The molecule has 0 saturated carbocycles. The Morgan fingerprint density at radius 3 is 2.77 bits per heavy atom. The van der Waals surface area contributed by atoms with Crippen LogP contribution in [-0.4, -0.2) is 43.9 Å². The van der Waals surface area contributed by atoms with E-state index in [1.807, 2.05) is 19.1 Å². The number of fused-ring (bicyclic) bond motifs is 1. The third-order valence-corrected chi connectivity index (χ3v) is 6.26. The van der Waals surface area contributed by atoms with E-state index in [1.54, 1.807) is 23.5 Å². The average Bonchev–Trinajstić information content (AvgIpc) is 3.50. The van der Waals surface area contributed by atoms with E-state index in [-0.39, 0.29) is 24.5 Å². The van der Waals surface area contributed by atoms with Gasteiger partial charge in [-0.2, -0.15) is 0 Å². The summed E-state index contributed by atoms with van der Waals surface area (Å²) in [6.45, 7) is 5.26. The molecular weight excluding hydrogens is 404 g/mol. The fourth-order valence-electron chi connectivity index (χ4n) is 3.91. The van der Waals surface area contributed by atoms with Gasteiger partial charge in [0.15, 0.2) is 17.3 Å². The highest BCUT2D eigenvalue weighted by molar-refractivity contribution is 7.16. The van der Waals surface area contributed by atoms with Crippen LogP contribution < -0.4 is 14.8 Å². The minimum absolute atomic E-state index is 0.0414. The number of hydrogen-bond acceptors (Lipinski definition) is 7. The van der Waals surface area contributed by atoms with Gasteiger partial charge < -0.3 is 23.9 Å². The van der Waals surface area contributed by atoms with E-state index >= 15 is 0 Å². The number of furan rings is 1. The zero-order valence-electron chi connectivity index (χ0n) is 16.6. The number of aryl methyl sites for hydroxylation is 1. The van der Waals surface area contributed by atoms with E-state index in [0.717, 1.165) is 45.6 Å². The summed E-state index contributed by atoms with van der Waals surface area (Å²) in [7, 11) is 0. The Balaban J connectivity index is 1.53. The first kappa shape index (κ1) is 19.2. The second-order valence-electron chi connectivity index (χ2n) is 7.24. The number of nitrogens with zero attached hydrogens (tertiary/aromatic N) is 1. The highest BCUT2D eigenvalue weighted by atomic mass is 32.1. The number of hydrogen-bond donors (Lipinski definition) is 1. The minimum atomic E-state index is -0.255. The van der Waals surface area contributed by atoms with Crippen molar-refractivity contribution in [1.29, 1.82) is 0 Å². The Bertz CT molecular complexity index is 1040. The van der Waals surface area contributed by atoms with Crippen molar-refractivity contribution in [1.82, 2.24) is 4.90 Å². The van der Waals surface area contributed by atoms with Crippen molar-refractivity contribution in [3.05, 3.63) is 64.4 Å². The lowest BCUT2D eigenvalue weighted by Gasteiger charge is -2.35. The van der Waals surface area contributed by atoms with E-state index in [1.165, 1.54) is 6.26 Å². The Hall–Kier alpha value is -2.81. The standard InChI is InChI=1S/C22H22N2O5S/c1-14-11-16(22(30-14)23-21(25)18-3-2-8-27-18)20(24-6-9-26-10-7-24)15-4-5-17-19(12-15)29-13-28-17/h2-5,8,11-12,20H,6-7,9-10,13H2,1H3,(H,23,25)/t20-/m0/s1. The normalized spacial score (nSPS) is 17.1. The molecule has 1 fully saturated rings. The van der Waals surface area contributed by atoms with Crippen LogP contribution in [0.1, 0.15) is 32.6 Å². The third-order valence-electron chi connectivity index (χ3n) is 5.27. The van der Waals surface area contributed by atoms with Crippen LogP contribution in [0, 0.1) is 6.92 Å². The summed E-state index contributed by atoms with van der Waals surface area (Å²) in [5.74, 6) is 1.54. The lowest BCUT2D eigenvalue weighted by molar-refractivity contribution is 0.0241. The maximum atomic E-state index is 12.7. The Labute approximate surface area is 178 Å². The minimum Gasteiger partial charge on any atom is -0.459 e. The Morgan fingerprint density at radius 1 is 1.13 bits per heavy atom. The number of nitrogens with one attached hydrogen (secondary N) is 1. The van der Waals surface area contributed by atoms with Gasteiger partial charge in [-0.1, -0.05) is 6.07 Å². The van der Waals surface area contributed by atoms with Gasteiger partial charge in [0.2, 0.25) is 6.79 Å². The van der Waals surface area contributed by atoms with Crippen LogP contribution in [0.2, 0.25) is 0 Å². The van der Waals surface area contributed by atoms with Crippen LogP contribution in [0.15, 0.2) is 47.1 Å². The number of rotatable bonds is 5. The smallest absolute Gasteiger partial charge is 0.291 e. The second-order valence-corrected chi connectivity index (χ2v) is 8.49. The molecule has 0 bridgehead atoms. The molecule has 4 heterocycles. The van der Waals surface area contributed by atoms with Crippen LogP contribution in [0.3, 0.4) is 0 Å². The fourth-order valence-corrected chi connectivity index (χ4v) is 4.85. The molecule has 1 N–H and O–H groups in total. The van der Waals surface area contributed by atoms with Crippen molar-refractivity contribution in [3.8, 4) is 11.5 Å². The number of carbonyl (C=O) groups is 1. The van der Waals surface area contributed by atoms with Gasteiger partial charge in [0, 0.05) is 23.5 Å². The van der Waals surface area contributed by atoms with E-state index in [9.17, 15) is 4.79 Å². The molecular formula is C22H22N2O5S. The zero-order chi connectivity index (χ0) is 20.5. The van der Waals surface area contributed by atoms with E-state index < -0.39 is 0 Å². The lowest BCUT2D eigenvalue weighted by atomic mass is 9.97. The predicted molar refractivity (Wildman–Crippen MR) is 113 cm³/mol.